The molecule has 0 aliphatic carbocycles. The zero-order valence-electron chi connectivity index (χ0n) is 8.35. The van der Waals surface area contributed by atoms with E-state index in [1.807, 2.05) is 30.3 Å². The normalized spacial score (nSPS) is 10.8. The standard InChI is InChI=1S/C13H8FNS/c14-10-5-3-7-15-13(10)12-8-9-4-1-2-6-11(9)16-12/h1-8H. The number of hydrogen-bond donors (Lipinski definition) is 0. The summed E-state index contributed by atoms with van der Waals surface area (Å²) in [5.41, 5.74) is 0.434. The lowest BCUT2D eigenvalue weighted by Gasteiger charge is -1.96. The summed E-state index contributed by atoms with van der Waals surface area (Å²) in [6.07, 6.45) is 1.61. The molecule has 0 radical (unpaired) electrons. The first kappa shape index (κ1) is 9.48. The van der Waals surface area contributed by atoms with Gasteiger partial charge in [-0.2, -0.15) is 0 Å². The Morgan fingerprint density at radius 2 is 1.94 bits per heavy atom. The molecule has 0 aliphatic heterocycles. The smallest absolute Gasteiger partial charge is 0.150 e. The number of benzene rings is 1. The van der Waals surface area contributed by atoms with Crippen molar-refractivity contribution in [1.82, 2.24) is 4.98 Å². The van der Waals surface area contributed by atoms with Gasteiger partial charge in [0.1, 0.15) is 11.5 Å². The second-order valence-corrected chi connectivity index (χ2v) is 4.57. The van der Waals surface area contributed by atoms with Gasteiger partial charge in [-0.15, -0.1) is 11.3 Å². The van der Waals surface area contributed by atoms with Gasteiger partial charge in [-0.1, -0.05) is 18.2 Å². The number of fused-ring (bicyclic) bond motifs is 1. The Labute approximate surface area is 96.2 Å². The average molecular weight is 229 g/mol. The lowest BCUT2D eigenvalue weighted by atomic mass is 10.2. The number of pyridine rings is 1. The van der Waals surface area contributed by atoms with Crippen LogP contribution in [0, 0.1) is 5.82 Å². The molecule has 2 heterocycles. The van der Waals surface area contributed by atoms with E-state index in [1.54, 1.807) is 23.6 Å². The number of aromatic nitrogens is 1. The van der Waals surface area contributed by atoms with E-state index in [0.717, 1.165) is 15.0 Å². The van der Waals surface area contributed by atoms with Crippen LogP contribution in [0.25, 0.3) is 20.7 Å². The van der Waals surface area contributed by atoms with Crippen molar-refractivity contribution >= 4 is 21.4 Å². The van der Waals surface area contributed by atoms with Crippen molar-refractivity contribution in [3.05, 3.63) is 54.5 Å². The maximum Gasteiger partial charge on any atom is 0.150 e. The third kappa shape index (κ3) is 1.49. The lowest BCUT2D eigenvalue weighted by molar-refractivity contribution is 0.626. The van der Waals surface area contributed by atoms with Crippen molar-refractivity contribution in [2.45, 2.75) is 0 Å². The minimum Gasteiger partial charge on any atom is -0.252 e. The molecule has 1 nitrogen and oxygen atoms in total. The predicted molar refractivity (Wildman–Crippen MR) is 65.0 cm³/mol. The molecule has 0 N–H and O–H groups in total. The Morgan fingerprint density at radius 1 is 1.06 bits per heavy atom. The minimum absolute atomic E-state index is 0.269. The number of thiophene rings is 1. The van der Waals surface area contributed by atoms with Crippen LogP contribution < -0.4 is 0 Å². The van der Waals surface area contributed by atoms with Crippen LogP contribution in [0.2, 0.25) is 0 Å². The number of hydrogen-bond acceptors (Lipinski definition) is 2. The van der Waals surface area contributed by atoms with Gasteiger partial charge in [0.2, 0.25) is 0 Å². The van der Waals surface area contributed by atoms with Crippen molar-refractivity contribution in [3.63, 3.8) is 0 Å². The maximum absolute atomic E-state index is 13.5. The largest absolute Gasteiger partial charge is 0.252 e. The average Bonchev–Trinajstić information content (AvgIpc) is 2.73. The van der Waals surface area contributed by atoms with Crippen molar-refractivity contribution < 1.29 is 4.39 Å². The minimum atomic E-state index is -0.269. The van der Waals surface area contributed by atoms with Gasteiger partial charge in [0.25, 0.3) is 0 Å². The zero-order valence-corrected chi connectivity index (χ0v) is 9.17. The Kier molecular flexibility index (Phi) is 2.18. The Hall–Kier alpha value is -1.74. The summed E-state index contributed by atoms with van der Waals surface area (Å²) in [4.78, 5) is 4.95. The highest BCUT2D eigenvalue weighted by molar-refractivity contribution is 7.22. The van der Waals surface area contributed by atoms with Gasteiger partial charge in [-0.05, 0) is 29.7 Å². The van der Waals surface area contributed by atoms with E-state index in [-0.39, 0.29) is 5.82 Å². The number of halogens is 1. The van der Waals surface area contributed by atoms with Crippen LogP contribution in [0.15, 0.2) is 48.7 Å². The molecule has 78 valence electrons. The van der Waals surface area contributed by atoms with Gasteiger partial charge in [0, 0.05) is 10.9 Å². The van der Waals surface area contributed by atoms with Crippen LogP contribution >= 0.6 is 11.3 Å². The monoisotopic (exact) mass is 229 g/mol. The van der Waals surface area contributed by atoms with Crippen molar-refractivity contribution in [2.75, 3.05) is 0 Å². The van der Waals surface area contributed by atoms with Crippen LogP contribution in [-0.4, -0.2) is 4.98 Å². The van der Waals surface area contributed by atoms with Gasteiger partial charge in [0.05, 0.1) is 4.88 Å². The van der Waals surface area contributed by atoms with E-state index in [2.05, 4.69) is 4.98 Å². The number of nitrogens with zero attached hydrogens (tertiary/aromatic N) is 1. The molecule has 0 amide bonds. The fourth-order valence-corrected chi connectivity index (χ4v) is 2.73. The molecule has 0 saturated heterocycles. The molecule has 3 aromatic rings. The van der Waals surface area contributed by atoms with Gasteiger partial charge in [-0.3, -0.25) is 4.98 Å². The first-order chi connectivity index (χ1) is 7.84. The van der Waals surface area contributed by atoms with Gasteiger partial charge in [-0.25, -0.2) is 4.39 Å². The molecule has 16 heavy (non-hydrogen) atoms. The van der Waals surface area contributed by atoms with Gasteiger partial charge >= 0.3 is 0 Å². The van der Waals surface area contributed by atoms with E-state index in [0.29, 0.717) is 5.69 Å². The second kappa shape index (κ2) is 3.68. The highest BCUT2D eigenvalue weighted by atomic mass is 32.1. The molecular weight excluding hydrogens is 221 g/mol. The van der Waals surface area contributed by atoms with E-state index < -0.39 is 0 Å². The van der Waals surface area contributed by atoms with Crippen LogP contribution in [0.5, 0.6) is 0 Å². The summed E-state index contributed by atoms with van der Waals surface area (Å²) in [7, 11) is 0. The Balaban J connectivity index is 2.23. The van der Waals surface area contributed by atoms with Crippen molar-refractivity contribution in [2.24, 2.45) is 0 Å². The number of rotatable bonds is 1. The molecular formula is C13H8FNS. The molecule has 0 atom stereocenters. The molecule has 3 rings (SSSR count). The van der Waals surface area contributed by atoms with Crippen LogP contribution in [0.3, 0.4) is 0 Å². The van der Waals surface area contributed by atoms with E-state index in [4.69, 9.17) is 0 Å². The van der Waals surface area contributed by atoms with E-state index >= 15 is 0 Å². The van der Waals surface area contributed by atoms with Crippen molar-refractivity contribution in [3.8, 4) is 10.6 Å². The SMILES string of the molecule is Fc1cccnc1-c1cc2ccccc2s1. The van der Waals surface area contributed by atoms with Gasteiger partial charge < -0.3 is 0 Å². The van der Waals surface area contributed by atoms with E-state index in [9.17, 15) is 4.39 Å². The fourth-order valence-electron chi connectivity index (χ4n) is 1.67. The maximum atomic E-state index is 13.5. The molecule has 0 aliphatic rings. The predicted octanol–water partition coefficient (Wildman–Crippen LogP) is 4.10. The summed E-state index contributed by atoms with van der Waals surface area (Å²) in [5, 5.41) is 1.13. The third-order valence-electron chi connectivity index (χ3n) is 2.42. The summed E-state index contributed by atoms with van der Waals surface area (Å²) >= 11 is 1.56. The quantitative estimate of drug-likeness (QED) is 0.612. The fraction of sp³-hybridized carbons (Fsp3) is 0. The molecule has 2 aromatic heterocycles. The van der Waals surface area contributed by atoms with Gasteiger partial charge in [0.15, 0.2) is 0 Å². The topological polar surface area (TPSA) is 12.9 Å². The van der Waals surface area contributed by atoms with Crippen LogP contribution in [-0.2, 0) is 0 Å². The highest BCUT2D eigenvalue weighted by Gasteiger charge is 2.09. The third-order valence-corrected chi connectivity index (χ3v) is 3.54. The highest BCUT2D eigenvalue weighted by Crippen LogP contribution is 2.33. The first-order valence-corrected chi connectivity index (χ1v) is 5.76. The molecule has 0 bridgehead atoms. The molecule has 0 fully saturated rings. The second-order valence-electron chi connectivity index (χ2n) is 3.48. The Bertz CT molecular complexity index is 612. The molecule has 0 unspecified atom stereocenters. The molecule has 1 aromatic carbocycles. The first-order valence-electron chi connectivity index (χ1n) is 4.94. The molecule has 0 saturated carbocycles. The lowest BCUT2D eigenvalue weighted by Crippen LogP contribution is -1.84. The summed E-state index contributed by atoms with van der Waals surface area (Å²) in [6.45, 7) is 0. The summed E-state index contributed by atoms with van der Waals surface area (Å²) in [5.74, 6) is -0.269. The zero-order chi connectivity index (χ0) is 11.0. The Morgan fingerprint density at radius 3 is 2.75 bits per heavy atom. The van der Waals surface area contributed by atoms with E-state index in [1.165, 1.54) is 6.07 Å². The van der Waals surface area contributed by atoms with Crippen LogP contribution in [0.1, 0.15) is 0 Å². The summed E-state index contributed by atoms with van der Waals surface area (Å²) < 4.78 is 14.7. The van der Waals surface area contributed by atoms with Crippen molar-refractivity contribution in [1.29, 1.82) is 0 Å². The summed E-state index contributed by atoms with van der Waals surface area (Å²) in [6, 6.07) is 13.0. The molecule has 0 spiro atoms. The van der Waals surface area contributed by atoms with Crippen LogP contribution in [0.4, 0.5) is 4.39 Å². The molecule has 3 heteroatoms.